The number of halogens is 2. The van der Waals surface area contributed by atoms with Crippen LogP contribution >= 0.6 is 0 Å². The van der Waals surface area contributed by atoms with Gasteiger partial charge in [-0.15, -0.1) is 0 Å². The first-order valence-electron chi connectivity index (χ1n) is 4.13. The van der Waals surface area contributed by atoms with Crippen molar-refractivity contribution >= 4 is 0 Å². The molecular formula is C11H7F2NO. The summed E-state index contributed by atoms with van der Waals surface area (Å²) < 4.78 is 26.2. The van der Waals surface area contributed by atoms with Crippen molar-refractivity contribution in [3.05, 3.63) is 34.9 Å². The minimum atomic E-state index is -0.834. The lowest BCUT2D eigenvalue weighted by Crippen LogP contribution is -1.96. The maximum Gasteiger partial charge on any atom is 0.132 e. The van der Waals surface area contributed by atoms with E-state index in [1.165, 1.54) is 0 Å². The third kappa shape index (κ3) is 2.77. The third-order valence-corrected chi connectivity index (χ3v) is 1.70. The summed E-state index contributed by atoms with van der Waals surface area (Å²) in [5.74, 6) is 3.21. The number of hydrogen-bond donors (Lipinski definition) is 1. The Morgan fingerprint density at radius 2 is 1.87 bits per heavy atom. The summed E-state index contributed by atoms with van der Waals surface area (Å²) in [6.07, 6.45) is 0.00495. The quantitative estimate of drug-likeness (QED) is 0.712. The number of nitrogens with zero attached hydrogens (tertiary/aromatic N) is 1. The lowest BCUT2D eigenvalue weighted by molar-refractivity contribution is 0.269. The summed E-state index contributed by atoms with van der Waals surface area (Å²) in [5.41, 5.74) is -0.224. The molecule has 0 radical (unpaired) electrons. The van der Waals surface area contributed by atoms with Crippen LogP contribution in [0.5, 0.6) is 0 Å². The smallest absolute Gasteiger partial charge is 0.132 e. The van der Waals surface area contributed by atoms with E-state index in [2.05, 4.69) is 11.8 Å². The van der Waals surface area contributed by atoms with E-state index in [9.17, 15) is 8.78 Å². The minimum Gasteiger partial charge on any atom is -0.391 e. The number of aliphatic hydroxyl groups is 1. The molecule has 0 aromatic heterocycles. The highest BCUT2D eigenvalue weighted by Crippen LogP contribution is 2.14. The Morgan fingerprint density at radius 3 is 2.33 bits per heavy atom. The molecule has 4 heteroatoms. The predicted octanol–water partition coefficient (Wildman–Crippen LogP) is 1.72. The Morgan fingerprint density at radius 1 is 1.27 bits per heavy atom. The van der Waals surface area contributed by atoms with Crippen molar-refractivity contribution in [2.45, 2.75) is 13.0 Å². The highest BCUT2D eigenvalue weighted by Gasteiger charge is 2.08. The maximum absolute atomic E-state index is 13.1. The van der Waals surface area contributed by atoms with E-state index in [1.54, 1.807) is 6.07 Å². The van der Waals surface area contributed by atoms with Crippen LogP contribution in [-0.2, 0) is 6.61 Å². The van der Waals surface area contributed by atoms with Gasteiger partial charge in [-0.3, -0.25) is 0 Å². The van der Waals surface area contributed by atoms with E-state index in [-0.39, 0.29) is 17.5 Å². The molecule has 0 atom stereocenters. The number of rotatable bonds is 1. The van der Waals surface area contributed by atoms with E-state index in [4.69, 9.17) is 10.4 Å². The molecule has 2 nitrogen and oxygen atoms in total. The molecule has 0 aliphatic carbocycles. The van der Waals surface area contributed by atoms with Crippen LogP contribution in [0.25, 0.3) is 0 Å². The molecule has 0 saturated carbocycles. The molecule has 0 fully saturated rings. The lowest BCUT2D eigenvalue weighted by Gasteiger charge is -2.01. The molecule has 0 amide bonds. The maximum atomic E-state index is 13.1. The third-order valence-electron chi connectivity index (χ3n) is 1.70. The van der Waals surface area contributed by atoms with Crippen molar-refractivity contribution in [2.24, 2.45) is 0 Å². The number of nitriles is 1. The molecular weight excluding hydrogens is 200 g/mol. The zero-order chi connectivity index (χ0) is 11.3. The Labute approximate surface area is 85.8 Å². The van der Waals surface area contributed by atoms with Crippen molar-refractivity contribution in [1.29, 1.82) is 5.26 Å². The lowest BCUT2D eigenvalue weighted by atomic mass is 10.1. The minimum absolute atomic E-state index is 0.00495. The Balaban J connectivity index is 3.06. The topological polar surface area (TPSA) is 44.0 Å². The Hall–Kier alpha value is -1.91. The second-order valence-corrected chi connectivity index (χ2v) is 2.71. The summed E-state index contributed by atoms with van der Waals surface area (Å²) in [6, 6.07) is 3.84. The van der Waals surface area contributed by atoms with Gasteiger partial charge in [-0.25, -0.2) is 8.78 Å². The summed E-state index contributed by atoms with van der Waals surface area (Å²) in [6.45, 7) is -0.691. The zero-order valence-electron chi connectivity index (χ0n) is 7.72. The first kappa shape index (κ1) is 11.2. The second-order valence-electron chi connectivity index (χ2n) is 2.71. The van der Waals surface area contributed by atoms with E-state index < -0.39 is 18.2 Å². The van der Waals surface area contributed by atoms with Crippen LogP contribution in [0.2, 0.25) is 0 Å². The van der Waals surface area contributed by atoms with Gasteiger partial charge in [-0.05, 0) is 12.1 Å². The number of benzene rings is 1. The number of hydrogen-bond acceptors (Lipinski definition) is 2. The standard InChI is InChI=1S/C11H7F2NO/c12-10-5-8(3-1-2-4-14)6-11(13)9(10)7-15/h5-6,15H,2,7H2. The fraction of sp³-hybridized carbons (Fsp3) is 0.182. The van der Waals surface area contributed by atoms with Gasteiger partial charge in [0.15, 0.2) is 0 Å². The first-order valence-corrected chi connectivity index (χ1v) is 4.13. The van der Waals surface area contributed by atoms with Crippen LogP contribution in [0.1, 0.15) is 17.5 Å². The normalized spacial score (nSPS) is 8.93. The summed E-state index contributed by atoms with van der Waals surface area (Å²) in [5, 5.41) is 16.8. The SMILES string of the molecule is N#CCC#Cc1cc(F)c(CO)c(F)c1. The average molecular weight is 207 g/mol. The zero-order valence-corrected chi connectivity index (χ0v) is 7.72. The first-order chi connectivity index (χ1) is 7.19. The van der Waals surface area contributed by atoms with Crippen molar-refractivity contribution in [3.8, 4) is 17.9 Å². The van der Waals surface area contributed by atoms with E-state index in [0.29, 0.717) is 0 Å². The van der Waals surface area contributed by atoms with Crippen LogP contribution in [0.15, 0.2) is 12.1 Å². The van der Waals surface area contributed by atoms with E-state index in [1.807, 2.05) is 0 Å². The number of aliphatic hydroxyl groups excluding tert-OH is 1. The molecule has 76 valence electrons. The van der Waals surface area contributed by atoms with Crippen LogP contribution in [0, 0.1) is 34.8 Å². The molecule has 0 unspecified atom stereocenters. The molecule has 1 N–H and O–H groups in total. The molecule has 1 rings (SSSR count). The largest absolute Gasteiger partial charge is 0.391 e. The monoisotopic (exact) mass is 207 g/mol. The van der Waals surface area contributed by atoms with Crippen molar-refractivity contribution in [2.75, 3.05) is 0 Å². The summed E-state index contributed by atoms with van der Waals surface area (Å²) in [7, 11) is 0. The van der Waals surface area contributed by atoms with Crippen LogP contribution in [0.3, 0.4) is 0 Å². The molecule has 0 bridgehead atoms. The molecule has 0 aliphatic heterocycles. The summed E-state index contributed by atoms with van der Waals surface area (Å²) >= 11 is 0. The highest BCUT2D eigenvalue weighted by atomic mass is 19.1. The van der Waals surface area contributed by atoms with Crippen LogP contribution < -0.4 is 0 Å². The molecule has 0 spiro atoms. The van der Waals surface area contributed by atoms with Gasteiger partial charge in [0.05, 0.1) is 19.1 Å². The molecule has 0 aliphatic rings. The Kier molecular flexibility index (Phi) is 3.79. The van der Waals surface area contributed by atoms with Crippen LogP contribution in [0.4, 0.5) is 8.78 Å². The fourth-order valence-corrected chi connectivity index (χ4v) is 1.01. The Bertz CT molecular complexity index is 443. The van der Waals surface area contributed by atoms with Crippen molar-refractivity contribution in [3.63, 3.8) is 0 Å². The predicted molar refractivity (Wildman–Crippen MR) is 49.4 cm³/mol. The highest BCUT2D eigenvalue weighted by molar-refractivity contribution is 5.38. The van der Waals surface area contributed by atoms with Gasteiger partial charge in [0, 0.05) is 11.1 Å². The fourth-order valence-electron chi connectivity index (χ4n) is 1.01. The van der Waals surface area contributed by atoms with Gasteiger partial charge >= 0.3 is 0 Å². The van der Waals surface area contributed by atoms with Crippen molar-refractivity contribution < 1.29 is 13.9 Å². The van der Waals surface area contributed by atoms with Gasteiger partial charge < -0.3 is 5.11 Å². The second kappa shape index (κ2) is 5.09. The molecule has 0 heterocycles. The van der Waals surface area contributed by atoms with E-state index >= 15 is 0 Å². The average Bonchev–Trinajstić information content (AvgIpc) is 2.18. The van der Waals surface area contributed by atoms with Gasteiger partial charge in [-0.1, -0.05) is 11.8 Å². The molecule has 1 aromatic carbocycles. The van der Waals surface area contributed by atoms with Gasteiger partial charge in [0.25, 0.3) is 0 Å². The van der Waals surface area contributed by atoms with Gasteiger partial charge in [0.1, 0.15) is 11.6 Å². The molecule has 15 heavy (non-hydrogen) atoms. The summed E-state index contributed by atoms with van der Waals surface area (Å²) in [4.78, 5) is 0. The van der Waals surface area contributed by atoms with Crippen molar-refractivity contribution in [1.82, 2.24) is 0 Å². The molecule has 1 aromatic rings. The molecule has 0 saturated heterocycles. The van der Waals surface area contributed by atoms with Crippen LogP contribution in [-0.4, -0.2) is 5.11 Å². The van der Waals surface area contributed by atoms with Gasteiger partial charge in [0.2, 0.25) is 0 Å². The van der Waals surface area contributed by atoms with Gasteiger partial charge in [-0.2, -0.15) is 5.26 Å². The van der Waals surface area contributed by atoms with E-state index in [0.717, 1.165) is 12.1 Å².